The fraction of sp³-hybridized carbons (Fsp3) is 0.158. The first-order chi connectivity index (χ1) is 13.3. The van der Waals surface area contributed by atoms with E-state index in [0.29, 0.717) is 23.7 Å². The molecule has 1 N–H and O–H groups in total. The highest BCUT2D eigenvalue weighted by atomic mass is 32.1. The van der Waals surface area contributed by atoms with Crippen LogP contribution in [0.1, 0.15) is 5.56 Å². The van der Waals surface area contributed by atoms with Crippen molar-refractivity contribution < 1.29 is 14.3 Å². The van der Waals surface area contributed by atoms with E-state index >= 15 is 0 Å². The number of carbonyl (C=O) groups is 1. The van der Waals surface area contributed by atoms with Gasteiger partial charge in [0.15, 0.2) is 6.61 Å². The Balaban J connectivity index is 1.37. The molecule has 3 rings (SSSR count). The number of hydrogen-bond donors (Lipinski definition) is 1. The van der Waals surface area contributed by atoms with Crippen molar-refractivity contribution in [3.05, 3.63) is 59.5 Å². The second-order valence-corrected chi connectivity index (χ2v) is 6.28. The molecule has 1 amide bonds. The molecule has 1 aromatic carbocycles. The van der Waals surface area contributed by atoms with Crippen molar-refractivity contribution in [2.45, 2.75) is 0 Å². The van der Waals surface area contributed by atoms with Crippen molar-refractivity contribution in [1.82, 2.24) is 15.5 Å². The first-order valence-electron chi connectivity index (χ1n) is 8.15. The normalized spacial score (nSPS) is 10.0. The molecule has 0 radical (unpaired) electrons. The second kappa shape index (κ2) is 9.31. The summed E-state index contributed by atoms with van der Waals surface area (Å²) >= 11 is 1.59. The zero-order valence-corrected chi connectivity index (χ0v) is 15.1. The van der Waals surface area contributed by atoms with Crippen LogP contribution in [0, 0.1) is 11.3 Å². The van der Waals surface area contributed by atoms with Gasteiger partial charge in [-0.05, 0) is 29.6 Å². The number of aromatic nitrogens is 2. The monoisotopic (exact) mass is 380 g/mol. The fourth-order valence-corrected chi connectivity index (χ4v) is 2.87. The molecule has 0 saturated carbocycles. The Hall–Kier alpha value is -3.44. The standard InChI is InChI=1S/C19H16N4O3S/c20-12-14-4-1-2-5-16(14)26-13-18(24)21-9-10-25-19-8-7-15(22-23-19)17-6-3-11-27-17/h1-8,11H,9-10,13H2,(H,21,24). The summed E-state index contributed by atoms with van der Waals surface area (Å²) in [6.45, 7) is 0.387. The summed E-state index contributed by atoms with van der Waals surface area (Å²) in [5.41, 5.74) is 1.18. The van der Waals surface area contributed by atoms with Crippen LogP contribution in [0.5, 0.6) is 11.6 Å². The molecule has 0 bridgehead atoms. The number of hydrogen-bond acceptors (Lipinski definition) is 7. The van der Waals surface area contributed by atoms with Gasteiger partial charge in [0.25, 0.3) is 5.91 Å². The first-order valence-corrected chi connectivity index (χ1v) is 9.03. The largest absolute Gasteiger partial charge is 0.482 e. The van der Waals surface area contributed by atoms with E-state index in [0.717, 1.165) is 10.6 Å². The Kier molecular flexibility index (Phi) is 6.33. The van der Waals surface area contributed by atoms with Crippen molar-refractivity contribution >= 4 is 17.2 Å². The summed E-state index contributed by atoms with van der Waals surface area (Å²) in [6, 6.07) is 16.3. The minimum atomic E-state index is -0.300. The number of para-hydroxylation sites is 1. The summed E-state index contributed by atoms with van der Waals surface area (Å²) in [4.78, 5) is 12.8. The van der Waals surface area contributed by atoms with E-state index in [2.05, 4.69) is 15.5 Å². The number of nitrogens with zero attached hydrogens (tertiary/aromatic N) is 3. The topological polar surface area (TPSA) is 97.1 Å². The minimum Gasteiger partial charge on any atom is -0.482 e. The lowest BCUT2D eigenvalue weighted by atomic mass is 10.2. The van der Waals surface area contributed by atoms with Crippen molar-refractivity contribution in [3.8, 4) is 28.3 Å². The lowest BCUT2D eigenvalue weighted by molar-refractivity contribution is -0.123. The molecule has 8 heteroatoms. The summed E-state index contributed by atoms with van der Waals surface area (Å²) in [6.07, 6.45) is 0. The van der Waals surface area contributed by atoms with E-state index in [4.69, 9.17) is 14.7 Å². The Morgan fingerprint density at radius 1 is 1.11 bits per heavy atom. The van der Waals surface area contributed by atoms with E-state index < -0.39 is 0 Å². The summed E-state index contributed by atoms with van der Waals surface area (Å²) in [5.74, 6) is 0.474. The average Bonchev–Trinajstić information content (AvgIpc) is 3.25. The Bertz CT molecular complexity index is 921. The molecule has 3 aromatic rings. The average molecular weight is 380 g/mol. The van der Waals surface area contributed by atoms with E-state index in [-0.39, 0.29) is 19.1 Å². The molecule has 0 atom stereocenters. The van der Waals surface area contributed by atoms with Gasteiger partial charge in [0.05, 0.1) is 17.0 Å². The molecule has 27 heavy (non-hydrogen) atoms. The number of thiophene rings is 1. The Morgan fingerprint density at radius 3 is 2.74 bits per heavy atom. The number of amides is 1. The van der Waals surface area contributed by atoms with Crippen molar-refractivity contribution in [3.63, 3.8) is 0 Å². The molecule has 0 fully saturated rings. The van der Waals surface area contributed by atoms with Crippen LogP contribution in [0.2, 0.25) is 0 Å². The summed E-state index contributed by atoms with van der Waals surface area (Å²) < 4.78 is 10.8. The number of nitriles is 1. The highest BCUT2D eigenvalue weighted by molar-refractivity contribution is 7.13. The van der Waals surface area contributed by atoms with E-state index in [1.807, 2.05) is 29.6 Å². The smallest absolute Gasteiger partial charge is 0.258 e. The number of rotatable bonds is 8. The molecule has 7 nitrogen and oxygen atoms in total. The van der Waals surface area contributed by atoms with Crippen molar-refractivity contribution in [2.75, 3.05) is 19.8 Å². The van der Waals surface area contributed by atoms with Gasteiger partial charge in [-0.2, -0.15) is 5.26 Å². The van der Waals surface area contributed by atoms with Gasteiger partial charge in [-0.1, -0.05) is 18.2 Å². The molecular weight excluding hydrogens is 364 g/mol. The minimum absolute atomic E-state index is 0.173. The van der Waals surface area contributed by atoms with Gasteiger partial charge in [0.2, 0.25) is 5.88 Å². The predicted molar refractivity (Wildman–Crippen MR) is 101 cm³/mol. The van der Waals surface area contributed by atoms with Crippen molar-refractivity contribution in [1.29, 1.82) is 5.26 Å². The van der Waals surface area contributed by atoms with Gasteiger partial charge in [0, 0.05) is 6.07 Å². The molecule has 2 aromatic heterocycles. The molecular formula is C19H16N4O3S. The molecule has 0 aliphatic heterocycles. The first kappa shape index (κ1) is 18.4. The molecule has 0 aliphatic carbocycles. The fourth-order valence-electron chi connectivity index (χ4n) is 2.18. The zero-order valence-electron chi connectivity index (χ0n) is 14.3. The molecule has 0 aliphatic rings. The van der Waals surface area contributed by atoms with Crippen LogP contribution in [0.25, 0.3) is 10.6 Å². The van der Waals surface area contributed by atoms with Gasteiger partial charge in [-0.3, -0.25) is 4.79 Å². The van der Waals surface area contributed by atoms with E-state index in [9.17, 15) is 4.79 Å². The summed E-state index contributed by atoms with van der Waals surface area (Å²) in [7, 11) is 0. The maximum absolute atomic E-state index is 11.8. The molecule has 136 valence electrons. The second-order valence-electron chi connectivity index (χ2n) is 5.33. The Morgan fingerprint density at radius 2 is 2.00 bits per heavy atom. The Labute approximate surface area is 160 Å². The third-order valence-electron chi connectivity index (χ3n) is 3.45. The highest BCUT2D eigenvalue weighted by Gasteiger charge is 2.06. The van der Waals surface area contributed by atoms with Crippen LogP contribution in [-0.2, 0) is 4.79 Å². The maximum atomic E-state index is 11.8. The van der Waals surface area contributed by atoms with Crippen LogP contribution in [0.4, 0.5) is 0 Å². The maximum Gasteiger partial charge on any atom is 0.258 e. The van der Waals surface area contributed by atoms with E-state index in [1.54, 1.807) is 41.7 Å². The third kappa shape index (κ3) is 5.26. The van der Waals surface area contributed by atoms with Crippen LogP contribution in [0.3, 0.4) is 0 Å². The number of carbonyl (C=O) groups excluding carboxylic acids is 1. The third-order valence-corrected chi connectivity index (χ3v) is 4.35. The number of ether oxygens (including phenoxy) is 2. The van der Waals surface area contributed by atoms with Gasteiger partial charge < -0.3 is 14.8 Å². The number of benzene rings is 1. The van der Waals surface area contributed by atoms with Gasteiger partial charge in [-0.25, -0.2) is 0 Å². The van der Waals surface area contributed by atoms with Crippen LogP contribution >= 0.6 is 11.3 Å². The molecule has 0 saturated heterocycles. The highest BCUT2D eigenvalue weighted by Crippen LogP contribution is 2.22. The van der Waals surface area contributed by atoms with Crippen LogP contribution < -0.4 is 14.8 Å². The van der Waals surface area contributed by atoms with Gasteiger partial charge in [-0.15, -0.1) is 21.5 Å². The van der Waals surface area contributed by atoms with Crippen molar-refractivity contribution in [2.24, 2.45) is 0 Å². The lowest BCUT2D eigenvalue weighted by Crippen LogP contribution is -2.32. The van der Waals surface area contributed by atoms with Crippen LogP contribution in [0.15, 0.2) is 53.9 Å². The molecule has 0 unspecified atom stereocenters. The zero-order chi connectivity index (χ0) is 18.9. The van der Waals surface area contributed by atoms with Crippen LogP contribution in [-0.4, -0.2) is 35.9 Å². The number of nitrogens with one attached hydrogen (secondary N) is 1. The SMILES string of the molecule is N#Cc1ccccc1OCC(=O)NCCOc1ccc(-c2cccs2)nn1. The quantitative estimate of drug-likeness (QED) is 0.604. The molecule has 0 spiro atoms. The van der Waals surface area contributed by atoms with Gasteiger partial charge >= 0.3 is 0 Å². The summed E-state index contributed by atoms with van der Waals surface area (Å²) in [5, 5.41) is 21.8. The van der Waals surface area contributed by atoms with Gasteiger partial charge in [0.1, 0.15) is 24.1 Å². The molecule has 2 heterocycles. The lowest BCUT2D eigenvalue weighted by Gasteiger charge is -2.09. The van der Waals surface area contributed by atoms with E-state index in [1.165, 1.54) is 0 Å². The predicted octanol–water partition coefficient (Wildman–Crippen LogP) is 2.65.